The number of benzene rings is 1. The Bertz CT molecular complexity index is 1180. The third kappa shape index (κ3) is 4.30. The number of carbonyl (C=O) groups is 1. The zero-order valence-electron chi connectivity index (χ0n) is 17.3. The van der Waals surface area contributed by atoms with Crippen LogP contribution in [0.5, 0.6) is 0 Å². The average molecular weight is 472 g/mol. The summed E-state index contributed by atoms with van der Waals surface area (Å²) in [6.45, 7) is 6.26. The van der Waals surface area contributed by atoms with Crippen molar-refractivity contribution in [3.05, 3.63) is 45.1 Å². The minimum Gasteiger partial charge on any atom is -0.336 e. The monoisotopic (exact) mass is 471 g/mol. The number of aryl methyl sites for hydroxylation is 3. The molecular weight excluding hydrogens is 446 g/mol. The molecule has 0 bridgehead atoms. The number of thiophene rings is 1. The summed E-state index contributed by atoms with van der Waals surface area (Å²) >= 11 is 1.44. The normalized spacial score (nSPS) is 16.1. The Kier molecular flexibility index (Phi) is 6.40. The van der Waals surface area contributed by atoms with Gasteiger partial charge in [0, 0.05) is 41.5 Å². The molecule has 1 aliphatic rings. The van der Waals surface area contributed by atoms with E-state index in [1.807, 2.05) is 6.92 Å². The van der Waals surface area contributed by atoms with Crippen molar-refractivity contribution < 1.29 is 21.6 Å². The van der Waals surface area contributed by atoms with Crippen LogP contribution in [-0.2, 0) is 20.0 Å². The van der Waals surface area contributed by atoms with Gasteiger partial charge in [0.2, 0.25) is 20.0 Å². The Morgan fingerprint density at radius 3 is 2.17 bits per heavy atom. The quantitative estimate of drug-likeness (QED) is 0.715. The molecule has 30 heavy (non-hydrogen) atoms. The molecule has 1 aromatic heterocycles. The van der Waals surface area contributed by atoms with E-state index in [0.29, 0.717) is 16.0 Å². The lowest BCUT2D eigenvalue weighted by Crippen LogP contribution is -2.50. The Balaban J connectivity index is 1.78. The van der Waals surface area contributed by atoms with E-state index in [-0.39, 0.29) is 37.0 Å². The highest BCUT2D eigenvalue weighted by Crippen LogP contribution is 2.28. The average Bonchev–Trinajstić information content (AvgIpc) is 3.06. The van der Waals surface area contributed by atoms with Crippen LogP contribution in [0.25, 0.3) is 0 Å². The fourth-order valence-electron chi connectivity index (χ4n) is 3.42. The van der Waals surface area contributed by atoms with Crippen molar-refractivity contribution in [2.45, 2.75) is 30.6 Å². The molecule has 0 radical (unpaired) electrons. The lowest BCUT2D eigenvalue weighted by atomic mass is 10.1. The summed E-state index contributed by atoms with van der Waals surface area (Å²) in [6.07, 6.45) is 0. The summed E-state index contributed by atoms with van der Waals surface area (Å²) in [5.41, 5.74) is 0.960. The number of nitrogens with zero attached hydrogens (tertiary/aromatic N) is 2. The van der Waals surface area contributed by atoms with Gasteiger partial charge in [0.05, 0.1) is 9.79 Å². The maximum atomic E-state index is 13.0. The van der Waals surface area contributed by atoms with Gasteiger partial charge in [-0.25, -0.2) is 21.6 Å². The number of hydrogen-bond acceptors (Lipinski definition) is 6. The third-order valence-electron chi connectivity index (χ3n) is 5.16. The molecule has 2 heterocycles. The molecule has 1 aromatic carbocycles. The zero-order chi connectivity index (χ0) is 22.3. The molecule has 0 saturated carbocycles. The predicted octanol–water partition coefficient (Wildman–Crippen LogP) is 1.73. The molecule has 1 fully saturated rings. The molecule has 8 nitrogen and oxygen atoms in total. The minimum absolute atomic E-state index is 0.0171. The van der Waals surface area contributed by atoms with E-state index in [9.17, 15) is 21.6 Å². The molecule has 1 amide bonds. The van der Waals surface area contributed by atoms with Gasteiger partial charge < -0.3 is 4.90 Å². The van der Waals surface area contributed by atoms with Crippen LogP contribution in [0.4, 0.5) is 0 Å². The SMILES string of the molecule is CNS(=O)(=O)c1ccc(C)c(C(=O)N2CCN(S(=O)(=O)c3cc(C)sc3C)CC2)c1. The van der Waals surface area contributed by atoms with E-state index in [4.69, 9.17) is 0 Å². The van der Waals surface area contributed by atoms with Crippen LogP contribution in [-0.4, -0.2) is 65.2 Å². The second kappa shape index (κ2) is 8.39. The summed E-state index contributed by atoms with van der Waals surface area (Å²) in [5.74, 6) is -0.305. The molecule has 0 aliphatic carbocycles. The first-order chi connectivity index (χ1) is 14.0. The van der Waals surface area contributed by atoms with E-state index >= 15 is 0 Å². The van der Waals surface area contributed by atoms with Gasteiger partial charge in [-0.1, -0.05) is 6.07 Å². The second-order valence-electron chi connectivity index (χ2n) is 7.16. The highest BCUT2D eigenvalue weighted by molar-refractivity contribution is 7.89. The second-order valence-corrected chi connectivity index (χ2v) is 12.4. The minimum atomic E-state index is -3.67. The van der Waals surface area contributed by atoms with Crippen LogP contribution < -0.4 is 4.72 Å². The van der Waals surface area contributed by atoms with Gasteiger partial charge in [0.1, 0.15) is 0 Å². The van der Waals surface area contributed by atoms with Gasteiger partial charge >= 0.3 is 0 Å². The predicted molar refractivity (Wildman–Crippen MR) is 116 cm³/mol. The van der Waals surface area contributed by atoms with Gasteiger partial charge in [-0.2, -0.15) is 4.31 Å². The molecule has 164 valence electrons. The van der Waals surface area contributed by atoms with E-state index in [1.165, 1.54) is 34.8 Å². The molecule has 1 aliphatic heterocycles. The molecule has 11 heteroatoms. The van der Waals surface area contributed by atoms with Crippen molar-refractivity contribution in [1.82, 2.24) is 13.9 Å². The summed E-state index contributed by atoms with van der Waals surface area (Å²) in [5, 5.41) is 0. The molecular formula is C19H25N3O5S3. The van der Waals surface area contributed by atoms with Gasteiger partial charge in [-0.3, -0.25) is 4.79 Å². The molecule has 1 saturated heterocycles. The van der Waals surface area contributed by atoms with E-state index < -0.39 is 20.0 Å². The fourth-order valence-corrected chi connectivity index (χ4v) is 7.12. The standard InChI is InChI=1S/C19H25N3O5S3/c1-13-5-6-16(29(24,25)20-4)12-17(13)19(23)21-7-9-22(10-8-21)30(26,27)18-11-14(2)28-15(18)3/h5-6,11-12,20H,7-10H2,1-4H3. The van der Waals surface area contributed by atoms with Gasteiger partial charge in [0.25, 0.3) is 5.91 Å². The smallest absolute Gasteiger partial charge is 0.254 e. The van der Waals surface area contributed by atoms with Crippen LogP contribution in [0.2, 0.25) is 0 Å². The Morgan fingerprint density at radius 2 is 1.63 bits per heavy atom. The molecule has 0 spiro atoms. The maximum Gasteiger partial charge on any atom is 0.254 e. The number of carbonyl (C=O) groups excluding carboxylic acids is 1. The van der Waals surface area contributed by atoms with Crippen molar-refractivity contribution in [2.75, 3.05) is 33.2 Å². The van der Waals surface area contributed by atoms with E-state index in [2.05, 4.69) is 4.72 Å². The van der Waals surface area contributed by atoms with Crippen LogP contribution >= 0.6 is 11.3 Å². The Labute approximate surface area is 181 Å². The highest BCUT2D eigenvalue weighted by atomic mass is 32.2. The van der Waals surface area contributed by atoms with Gasteiger partial charge in [-0.05, 0) is 51.6 Å². The number of amides is 1. The Hall–Kier alpha value is -1.79. The summed E-state index contributed by atoms with van der Waals surface area (Å²) in [7, 11) is -5.96. The van der Waals surface area contributed by atoms with Gasteiger partial charge in [0.15, 0.2) is 0 Å². The topological polar surface area (TPSA) is 104 Å². The molecule has 3 rings (SSSR count). The van der Waals surface area contributed by atoms with Crippen molar-refractivity contribution in [2.24, 2.45) is 0 Å². The fraction of sp³-hybridized carbons (Fsp3) is 0.421. The number of nitrogens with one attached hydrogen (secondary N) is 1. The van der Waals surface area contributed by atoms with Gasteiger partial charge in [-0.15, -0.1) is 11.3 Å². The molecule has 0 atom stereocenters. The summed E-state index contributed by atoms with van der Waals surface area (Å²) < 4.78 is 53.7. The maximum absolute atomic E-state index is 13.0. The summed E-state index contributed by atoms with van der Waals surface area (Å²) in [6, 6.07) is 6.10. The van der Waals surface area contributed by atoms with Crippen LogP contribution in [0.1, 0.15) is 25.7 Å². The third-order valence-corrected chi connectivity index (χ3v) is 9.69. The molecule has 2 aromatic rings. The first kappa shape index (κ1) is 22.9. The van der Waals surface area contributed by atoms with Crippen molar-refractivity contribution in [3.63, 3.8) is 0 Å². The van der Waals surface area contributed by atoms with E-state index in [1.54, 1.807) is 30.9 Å². The van der Waals surface area contributed by atoms with Crippen molar-refractivity contribution in [3.8, 4) is 0 Å². The highest BCUT2D eigenvalue weighted by Gasteiger charge is 2.32. The van der Waals surface area contributed by atoms with Crippen molar-refractivity contribution in [1.29, 1.82) is 0 Å². The number of piperazine rings is 1. The molecule has 1 N–H and O–H groups in total. The largest absolute Gasteiger partial charge is 0.336 e. The van der Waals surface area contributed by atoms with Crippen molar-refractivity contribution >= 4 is 37.3 Å². The van der Waals surface area contributed by atoms with E-state index in [0.717, 1.165) is 9.75 Å². The zero-order valence-corrected chi connectivity index (χ0v) is 19.7. The number of hydrogen-bond donors (Lipinski definition) is 1. The summed E-state index contributed by atoms with van der Waals surface area (Å²) in [4.78, 5) is 16.6. The lowest BCUT2D eigenvalue weighted by molar-refractivity contribution is 0.0697. The lowest BCUT2D eigenvalue weighted by Gasteiger charge is -2.34. The van der Waals surface area contributed by atoms with Crippen LogP contribution in [0, 0.1) is 20.8 Å². The first-order valence-electron chi connectivity index (χ1n) is 9.38. The van der Waals surface area contributed by atoms with Crippen LogP contribution in [0.15, 0.2) is 34.1 Å². The number of sulfonamides is 2. The molecule has 0 unspecified atom stereocenters. The Morgan fingerprint density at radius 1 is 1.00 bits per heavy atom. The number of rotatable bonds is 5. The first-order valence-corrected chi connectivity index (χ1v) is 13.1. The van der Waals surface area contributed by atoms with Crippen LogP contribution in [0.3, 0.4) is 0 Å².